The zero-order valence-corrected chi connectivity index (χ0v) is 21.2. The van der Waals surface area contributed by atoms with Crippen molar-refractivity contribution < 1.29 is 9.59 Å². The van der Waals surface area contributed by atoms with Crippen LogP contribution in [0.3, 0.4) is 0 Å². The first-order chi connectivity index (χ1) is 16.8. The molecule has 4 rings (SSSR count). The third kappa shape index (κ3) is 6.43. The van der Waals surface area contributed by atoms with Crippen LogP contribution in [0, 0.1) is 11.8 Å². The fourth-order valence-electron chi connectivity index (χ4n) is 4.52. The number of nitrogens with two attached hydrogens (primary N) is 2. The second-order valence-corrected chi connectivity index (χ2v) is 9.40. The summed E-state index contributed by atoms with van der Waals surface area (Å²) in [7, 11) is 3.87. The van der Waals surface area contributed by atoms with Crippen LogP contribution in [0.25, 0.3) is 5.70 Å². The molecule has 2 aromatic rings. The molecule has 1 aromatic heterocycles. The zero-order chi connectivity index (χ0) is 25.5. The molecule has 10 heteroatoms. The van der Waals surface area contributed by atoms with Gasteiger partial charge in [-0.15, -0.1) is 0 Å². The second-order valence-electron chi connectivity index (χ2n) is 8.99. The Morgan fingerprint density at radius 2 is 1.89 bits per heavy atom. The lowest BCUT2D eigenvalue weighted by molar-refractivity contribution is -0.106. The fraction of sp³-hybridized carbons (Fsp3) is 0.400. The van der Waals surface area contributed by atoms with E-state index >= 15 is 0 Å². The van der Waals surface area contributed by atoms with Crippen molar-refractivity contribution in [1.29, 1.82) is 0 Å². The summed E-state index contributed by atoms with van der Waals surface area (Å²) in [5.74, 6) is 0.949. The molecule has 9 nitrogen and oxygen atoms in total. The van der Waals surface area contributed by atoms with E-state index in [2.05, 4.69) is 10.00 Å². The summed E-state index contributed by atoms with van der Waals surface area (Å²) < 4.78 is 1.44. The monoisotopic (exact) mass is 499 g/mol. The number of carbonyl (C=O) groups excluding carboxylic acids is 2. The molecule has 2 unspecified atom stereocenters. The Labute approximate surface area is 211 Å². The van der Waals surface area contributed by atoms with Crippen LogP contribution in [0.2, 0.25) is 5.02 Å². The standard InChI is InChI=1S/C23H30ClN7O.C2H4O/c1-28(2)20-9-27-31(15-20)23(32)30-13-18-11-29(12-19(18)14-30)10-17-6-5-16(8-21(17)24)22(26)4-3-7-25;1-2-3/h3-9,15,18-19H,10-14,25-26H2,1-2H3;2H,1H3/b7-3-,22-4-;. The van der Waals surface area contributed by atoms with E-state index in [1.165, 1.54) is 17.8 Å². The van der Waals surface area contributed by atoms with Gasteiger partial charge in [0.2, 0.25) is 0 Å². The van der Waals surface area contributed by atoms with Gasteiger partial charge in [0.15, 0.2) is 0 Å². The predicted molar refractivity (Wildman–Crippen MR) is 140 cm³/mol. The maximum Gasteiger partial charge on any atom is 0.344 e. The molecule has 2 saturated heterocycles. The van der Waals surface area contributed by atoms with Gasteiger partial charge >= 0.3 is 6.03 Å². The first-order valence-electron chi connectivity index (χ1n) is 11.5. The third-order valence-electron chi connectivity index (χ3n) is 6.28. The molecule has 2 atom stereocenters. The quantitative estimate of drug-likeness (QED) is 0.480. The number of hydrogen-bond donors (Lipinski definition) is 2. The van der Waals surface area contributed by atoms with Crippen LogP contribution < -0.4 is 16.4 Å². The van der Waals surface area contributed by atoms with E-state index < -0.39 is 0 Å². The Hall–Kier alpha value is -3.30. The number of halogens is 1. The van der Waals surface area contributed by atoms with E-state index in [4.69, 9.17) is 27.9 Å². The van der Waals surface area contributed by atoms with Crippen molar-refractivity contribution in [2.24, 2.45) is 23.3 Å². The Morgan fingerprint density at radius 3 is 2.43 bits per heavy atom. The molecule has 2 fully saturated rings. The van der Waals surface area contributed by atoms with E-state index in [1.54, 1.807) is 24.5 Å². The van der Waals surface area contributed by atoms with Gasteiger partial charge < -0.3 is 26.1 Å². The Morgan fingerprint density at radius 1 is 1.23 bits per heavy atom. The lowest BCUT2D eigenvalue weighted by Crippen LogP contribution is -2.36. The number of nitrogens with zero attached hydrogens (tertiary/aromatic N) is 5. The first-order valence-corrected chi connectivity index (χ1v) is 11.9. The Kier molecular flexibility index (Phi) is 8.95. The average Bonchev–Trinajstić information content (AvgIpc) is 3.54. The maximum absolute atomic E-state index is 12.8. The van der Waals surface area contributed by atoms with Gasteiger partial charge in [-0.3, -0.25) is 4.90 Å². The van der Waals surface area contributed by atoms with Crippen LogP contribution in [-0.2, 0) is 11.3 Å². The van der Waals surface area contributed by atoms with Crippen LogP contribution in [-0.4, -0.2) is 72.2 Å². The van der Waals surface area contributed by atoms with Crippen LogP contribution in [0.1, 0.15) is 18.1 Å². The molecule has 2 aliphatic heterocycles. The highest BCUT2D eigenvalue weighted by atomic mass is 35.5. The van der Waals surface area contributed by atoms with E-state index in [0.29, 0.717) is 22.6 Å². The Balaban J connectivity index is 0.00000108. The molecule has 0 aliphatic carbocycles. The lowest BCUT2D eigenvalue weighted by atomic mass is 10.0. The molecular weight excluding hydrogens is 466 g/mol. The van der Waals surface area contributed by atoms with Crippen LogP contribution in [0.15, 0.2) is 48.9 Å². The van der Waals surface area contributed by atoms with Crippen molar-refractivity contribution in [1.82, 2.24) is 19.6 Å². The lowest BCUT2D eigenvalue weighted by Gasteiger charge is -2.22. The number of likely N-dealkylation sites (tertiary alicyclic amines) is 2. The predicted octanol–water partition coefficient (Wildman–Crippen LogP) is 2.61. The van der Waals surface area contributed by atoms with Crippen LogP contribution in [0.5, 0.6) is 0 Å². The number of carbonyl (C=O) groups is 2. The highest BCUT2D eigenvalue weighted by Gasteiger charge is 2.42. The van der Waals surface area contributed by atoms with Crippen LogP contribution >= 0.6 is 11.6 Å². The number of hydrogen-bond acceptors (Lipinski definition) is 7. The third-order valence-corrected chi connectivity index (χ3v) is 6.63. The van der Waals surface area contributed by atoms with Gasteiger partial charge in [-0.1, -0.05) is 23.7 Å². The Bertz CT molecular complexity index is 1080. The molecule has 188 valence electrons. The number of benzene rings is 1. The number of allylic oxidation sites excluding steroid dienone is 2. The SMILES string of the molecule is CC=O.CN(C)c1cnn(C(=O)N2CC3CN(Cc4ccc(/C(N)=C/C=C\N)cc4Cl)CC3C2)c1. The summed E-state index contributed by atoms with van der Waals surface area (Å²) in [5, 5.41) is 4.94. The minimum atomic E-state index is -0.0483. The molecule has 3 heterocycles. The van der Waals surface area contributed by atoms with Crippen molar-refractivity contribution in [2.75, 3.05) is 45.2 Å². The number of fused-ring (bicyclic) bond motifs is 1. The smallest absolute Gasteiger partial charge is 0.344 e. The van der Waals surface area contributed by atoms with Gasteiger partial charge in [0.1, 0.15) is 6.29 Å². The van der Waals surface area contributed by atoms with Crippen LogP contribution in [0.4, 0.5) is 10.5 Å². The fourth-order valence-corrected chi connectivity index (χ4v) is 4.76. The summed E-state index contributed by atoms with van der Waals surface area (Å²) in [6.45, 7) is 5.67. The van der Waals surface area contributed by atoms with Gasteiger partial charge in [-0.25, -0.2) is 4.79 Å². The van der Waals surface area contributed by atoms with E-state index in [1.807, 2.05) is 42.1 Å². The van der Waals surface area contributed by atoms with Gasteiger partial charge in [0.25, 0.3) is 0 Å². The first kappa shape index (κ1) is 26.3. The van der Waals surface area contributed by atoms with E-state index in [9.17, 15) is 4.79 Å². The molecule has 1 aromatic carbocycles. The number of rotatable bonds is 5. The van der Waals surface area contributed by atoms with E-state index in [-0.39, 0.29) is 6.03 Å². The molecule has 35 heavy (non-hydrogen) atoms. The maximum atomic E-state index is 12.8. The van der Waals surface area contributed by atoms with Crippen molar-refractivity contribution in [3.05, 3.63) is 65.1 Å². The number of amides is 1. The summed E-state index contributed by atoms with van der Waals surface area (Å²) in [6.07, 6.45) is 9.14. The molecule has 4 N–H and O–H groups in total. The molecular formula is C25H34ClN7O2. The second kappa shape index (κ2) is 11.9. The van der Waals surface area contributed by atoms with Crippen molar-refractivity contribution in [3.63, 3.8) is 0 Å². The van der Waals surface area contributed by atoms with Gasteiger partial charge in [-0.2, -0.15) is 9.78 Å². The largest absolute Gasteiger partial charge is 0.405 e. The minimum absolute atomic E-state index is 0.0483. The minimum Gasteiger partial charge on any atom is -0.405 e. The molecule has 0 bridgehead atoms. The normalized spacial score (nSPS) is 20.0. The highest BCUT2D eigenvalue weighted by Crippen LogP contribution is 2.33. The van der Waals surface area contributed by atoms with Gasteiger partial charge in [0, 0.05) is 57.5 Å². The summed E-state index contributed by atoms with van der Waals surface area (Å²) in [4.78, 5) is 27.9. The van der Waals surface area contributed by atoms with Crippen molar-refractivity contribution in [2.45, 2.75) is 13.5 Å². The van der Waals surface area contributed by atoms with Gasteiger partial charge in [-0.05, 0) is 54.3 Å². The van der Waals surface area contributed by atoms with Gasteiger partial charge in [0.05, 0.1) is 18.1 Å². The summed E-state index contributed by atoms with van der Waals surface area (Å²) in [5.41, 5.74) is 14.9. The molecule has 0 spiro atoms. The number of aldehydes is 1. The summed E-state index contributed by atoms with van der Waals surface area (Å²) in [6, 6.07) is 5.87. The number of aromatic nitrogens is 2. The molecule has 0 radical (unpaired) electrons. The molecule has 1 amide bonds. The highest BCUT2D eigenvalue weighted by molar-refractivity contribution is 6.31. The number of anilines is 1. The topological polar surface area (TPSA) is 114 Å². The molecule has 2 aliphatic rings. The van der Waals surface area contributed by atoms with Crippen molar-refractivity contribution >= 4 is 35.3 Å². The van der Waals surface area contributed by atoms with Crippen molar-refractivity contribution in [3.8, 4) is 0 Å². The average molecular weight is 500 g/mol. The molecule has 0 saturated carbocycles. The zero-order valence-electron chi connectivity index (χ0n) is 20.5. The summed E-state index contributed by atoms with van der Waals surface area (Å²) >= 11 is 6.55. The van der Waals surface area contributed by atoms with E-state index in [0.717, 1.165) is 55.8 Å².